The summed E-state index contributed by atoms with van der Waals surface area (Å²) in [6.07, 6.45) is 0.682. The average molecular weight is 382 g/mol. The van der Waals surface area contributed by atoms with E-state index >= 15 is 0 Å². The molecule has 0 spiro atoms. The molecule has 0 aliphatic heterocycles. The van der Waals surface area contributed by atoms with Gasteiger partial charge in [-0.05, 0) is 30.7 Å². The number of methoxy groups -OCH3 is 2. The van der Waals surface area contributed by atoms with Crippen LogP contribution < -0.4 is 14.8 Å². The third-order valence-electron chi connectivity index (χ3n) is 4.24. The molecule has 0 atom stereocenters. The first kappa shape index (κ1) is 18.9. The van der Waals surface area contributed by atoms with E-state index in [1.165, 1.54) is 5.56 Å². The molecule has 0 aliphatic rings. The number of hydrogen-bond acceptors (Lipinski definition) is 5. The van der Waals surface area contributed by atoms with Crippen molar-refractivity contribution < 1.29 is 14.3 Å². The Morgan fingerprint density at radius 1 is 1.11 bits per heavy atom. The number of ether oxygens (including phenoxy) is 2. The Morgan fingerprint density at radius 2 is 1.89 bits per heavy atom. The van der Waals surface area contributed by atoms with Crippen LogP contribution in [0.5, 0.6) is 11.5 Å². The van der Waals surface area contributed by atoms with Crippen LogP contribution in [0.2, 0.25) is 0 Å². The molecule has 27 heavy (non-hydrogen) atoms. The number of nitrogens with one attached hydrogen (secondary N) is 1. The van der Waals surface area contributed by atoms with Crippen LogP contribution in [-0.2, 0) is 6.42 Å². The number of carbonyl (C=O) groups excluding carboxylic acids is 1. The first-order valence-electron chi connectivity index (χ1n) is 8.63. The smallest absolute Gasteiger partial charge is 0.251 e. The number of amides is 1. The van der Waals surface area contributed by atoms with Crippen LogP contribution in [0.1, 0.15) is 21.6 Å². The summed E-state index contributed by atoms with van der Waals surface area (Å²) in [7, 11) is 3.12. The van der Waals surface area contributed by atoms with Crippen LogP contribution >= 0.6 is 11.3 Å². The van der Waals surface area contributed by atoms with Crippen LogP contribution in [0, 0.1) is 6.92 Å². The molecular formula is C21H22N2O3S. The minimum atomic E-state index is -0.148. The van der Waals surface area contributed by atoms with Crippen molar-refractivity contribution in [3.63, 3.8) is 0 Å². The van der Waals surface area contributed by atoms with Gasteiger partial charge in [-0.2, -0.15) is 0 Å². The Morgan fingerprint density at radius 3 is 2.63 bits per heavy atom. The second-order valence-corrected chi connectivity index (χ2v) is 6.89. The first-order valence-corrected chi connectivity index (χ1v) is 9.51. The van der Waals surface area contributed by atoms with Gasteiger partial charge in [0.2, 0.25) is 0 Å². The van der Waals surface area contributed by atoms with E-state index < -0.39 is 0 Å². The quantitative estimate of drug-likeness (QED) is 0.668. The summed E-state index contributed by atoms with van der Waals surface area (Å²) in [5.74, 6) is 0.984. The summed E-state index contributed by atoms with van der Waals surface area (Å²) >= 11 is 1.63. The highest BCUT2D eigenvalue weighted by Crippen LogP contribution is 2.28. The minimum Gasteiger partial charge on any atom is -0.493 e. The average Bonchev–Trinajstić information content (AvgIpc) is 3.16. The van der Waals surface area contributed by atoms with Gasteiger partial charge in [0.05, 0.1) is 19.9 Å². The zero-order valence-electron chi connectivity index (χ0n) is 15.6. The Balaban J connectivity index is 1.59. The highest BCUT2D eigenvalue weighted by Gasteiger charge is 2.11. The van der Waals surface area contributed by atoms with Crippen molar-refractivity contribution in [2.45, 2.75) is 13.3 Å². The SMILES string of the molecule is COc1ccc(C(=O)NCCc2csc(-c3ccccc3C)n2)cc1OC. The van der Waals surface area contributed by atoms with Gasteiger partial charge in [-0.25, -0.2) is 4.98 Å². The number of nitrogens with zero attached hydrogens (tertiary/aromatic N) is 1. The summed E-state index contributed by atoms with van der Waals surface area (Å²) in [4.78, 5) is 17.0. The highest BCUT2D eigenvalue weighted by molar-refractivity contribution is 7.13. The van der Waals surface area contributed by atoms with Gasteiger partial charge in [0.25, 0.3) is 5.91 Å². The first-order chi connectivity index (χ1) is 13.1. The summed E-state index contributed by atoms with van der Waals surface area (Å²) in [5, 5.41) is 5.98. The van der Waals surface area contributed by atoms with Crippen LogP contribution in [0.4, 0.5) is 0 Å². The van der Waals surface area contributed by atoms with E-state index in [-0.39, 0.29) is 5.91 Å². The maximum absolute atomic E-state index is 12.3. The number of aromatic nitrogens is 1. The Bertz CT molecular complexity index is 937. The van der Waals surface area contributed by atoms with Crippen molar-refractivity contribution in [2.75, 3.05) is 20.8 Å². The van der Waals surface area contributed by atoms with Crippen molar-refractivity contribution in [1.82, 2.24) is 10.3 Å². The van der Waals surface area contributed by atoms with Gasteiger partial charge in [0, 0.05) is 29.5 Å². The molecule has 0 fully saturated rings. The molecule has 2 aromatic carbocycles. The predicted octanol–water partition coefficient (Wildman–Crippen LogP) is 4.11. The normalized spacial score (nSPS) is 10.5. The lowest BCUT2D eigenvalue weighted by Gasteiger charge is -2.09. The summed E-state index contributed by atoms with van der Waals surface area (Å²) in [6, 6.07) is 13.3. The second kappa shape index (κ2) is 8.68. The molecule has 1 amide bonds. The molecule has 0 saturated carbocycles. The topological polar surface area (TPSA) is 60.5 Å². The van der Waals surface area contributed by atoms with Gasteiger partial charge >= 0.3 is 0 Å². The van der Waals surface area contributed by atoms with E-state index in [1.54, 1.807) is 43.8 Å². The molecule has 0 bridgehead atoms. The molecule has 1 aromatic heterocycles. The monoisotopic (exact) mass is 382 g/mol. The van der Waals surface area contributed by atoms with Gasteiger partial charge in [-0.1, -0.05) is 24.3 Å². The van der Waals surface area contributed by atoms with Crippen molar-refractivity contribution in [3.8, 4) is 22.1 Å². The van der Waals surface area contributed by atoms with Gasteiger partial charge in [0.1, 0.15) is 5.01 Å². The summed E-state index contributed by atoms with van der Waals surface area (Å²) in [6.45, 7) is 2.60. The third kappa shape index (κ3) is 4.46. The molecule has 1 heterocycles. The molecule has 5 nitrogen and oxygen atoms in total. The van der Waals surface area contributed by atoms with E-state index in [0.29, 0.717) is 30.0 Å². The van der Waals surface area contributed by atoms with Gasteiger partial charge in [-0.3, -0.25) is 4.79 Å². The lowest BCUT2D eigenvalue weighted by Crippen LogP contribution is -2.25. The molecule has 0 unspecified atom stereocenters. The van der Waals surface area contributed by atoms with Crippen LogP contribution in [0.25, 0.3) is 10.6 Å². The zero-order valence-corrected chi connectivity index (χ0v) is 16.4. The number of rotatable bonds is 7. The third-order valence-corrected chi connectivity index (χ3v) is 5.16. The fraction of sp³-hybridized carbons (Fsp3) is 0.238. The van der Waals surface area contributed by atoms with Gasteiger partial charge < -0.3 is 14.8 Å². The molecular weight excluding hydrogens is 360 g/mol. The van der Waals surface area contributed by atoms with Crippen LogP contribution in [0.3, 0.4) is 0 Å². The highest BCUT2D eigenvalue weighted by atomic mass is 32.1. The number of hydrogen-bond donors (Lipinski definition) is 1. The Hall–Kier alpha value is -2.86. The fourth-order valence-electron chi connectivity index (χ4n) is 2.74. The standard InChI is InChI=1S/C21H22N2O3S/c1-14-6-4-5-7-17(14)21-23-16(13-27-21)10-11-22-20(24)15-8-9-18(25-2)19(12-15)26-3/h4-9,12-13H,10-11H2,1-3H3,(H,22,24). The molecule has 1 N–H and O–H groups in total. The second-order valence-electron chi connectivity index (χ2n) is 6.03. The number of benzene rings is 2. The van der Waals surface area contributed by atoms with E-state index in [4.69, 9.17) is 14.5 Å². The molecule has 3 aromatic rings. The van der Waals surface area contributed by atoms with Gasteiger partial charge in [-0.15, -0.1) is 11.3 Å². The molecule has 140 valence electrons. The Labute approximate surface area is 163 Å². The maximum atomic E-state index is 12.3. The Kier molecular flexibility index (Phi) is 6.08. The fourth-order valence-corrected chi connectivity index (χ4v) is 3.69. The van der Waals surface area contributed by atoms with Crippen molar-refractivity contribution >= 4 is 17.2 Å². The number of thiazole rings is 1. The molecule has 6 heteroatoms. The van der Waals surface area contributed by atoms with Crippen molar-refractivity contribution in [3.05, 3.63) is 64.7 Å². The molecule has 0 radical (unpaired) electrons. The molecule has 0 saturated heterocycles. The van der Waals surface area contributed by atoms with Gasteiger partial charge in [0.15, 0.2) is 11.5 Å². The van der Waals surface area contributed by atoms with Crippen LogP contribution in [-0.4, -0.2) is 31.7 Å². The summed E-state index contributed by atoms with van der Waals surface area (Å²) in [5.41, 5.74) is 3.88. The van der Waals surface area contributed by atoms with Crippen molar-refractivity contribution in [1.29, 1.82) is 0 Å². The lowest BCUT2D eigenvalue weighted by atomic mass is 10.1. The van der Waals surface area contributed by atoms with E-state index in [0.717, 1.165) is 16.3 Å². The lowest BCUT2D eigenvalue weighted by molar-refractivity contribution is 0.0953. The summed E-state index contributed by atoms with van der Waals surface area (Å²) < 4.78 is 10.4. The zero-order chi connectivity index (χ0) is 19.2. The van der Waals surface area contributed by atoms with E-state index in [2.05, 4.69) is 24.4 Å². The molecule has 3 rings (SSSR count). The van der Waals surface area contributed by atoms with Crippen molar-refractivity contribution in [2.24, 2.45) is 0 Å². The largest absolute Gasteiger partial charge is 0.493 e. The predicted molar refractivity (Wildman–Crippen MR) is 108 cm³/mol. The maximum Gasteiger partial charge on any atom is 0.251 e. The minimum absolute atomic E-state index is 0.148. The van der Waals surface area contributed by atoms with E-state index in [9.17, 15) is 4.79 Å². The van der Waals surface area contributed by atoms with Crippen LogP contribution in [0.15, 0.2) is 47.8 Å². The van der Waals surface area contributed by atoms with E-state index in [1.807, 2.05) is 17.5 Å². The number of carbonyl (C=O) groups is 1. The molecule has 0 aliphatic carbocycles. The number of aryl methyl sites for hydroxylation is 1.